The predicted molar refractivity (Wildman–Crippen MR) is 91.4 cm³/mol. The average molecular weight is 318 g/mol. The average Bonchev–Trinajstić information content (AvgIpc) is 3.10. The van der Waals surface area contributed by atoms with E-state index in [2.05, 4.69) is 36.1 Å². The number of carbonyl (C=O) groups excluding carboxylic acids is 1. The number of aromatic nitrogens is 2. The van der Waals surface area contributed by atoms with Crippen LogP contribution in [-0.4, -0.2) is 39.3 Å². The number of hydrogen-bond acceptors (Lipinski definition) is 2. The number of fused-ring (bicyclic) bond motifs is 1. The van der Waals surface area contributed by atoms with Gasteiger partial charge in [-0.25, -0.2) is 4.79 Å². The van der Waals surface area contributed by atoms with Crippen molar-refractivity contribution in [3.8, 4) is 0 Å². The van der Waals surface area contributed by atoms with E-state index in [-0.39, 0.29) is 6.03 Å². The Morgan fingerprint density at radius 1 is 1.39 bits per heavy atom. The van der Waals surface area contributed by atoms with Gasteiger partial charge in [0.1, 0.15) is 0 Å². The van der Waals surface area contributed by atoms with Crippen LogP contribution >= 0.6 is 0 Å². The summed E-state index contributed by atoms with van der Waals surface area (Å²) in [5.41, 5.74) is 1.05. The van der Waals surface area contributed by atoms with Crippen molar-refractivity contribution < 1.29 is 4.79 Å². The van der Waals surface area contributed by atoms with Gasteiger partial charge in [-0.1, -0.05) is 12.8 Å². The van der Waals surface area contributed by atoms with Crippen molar-refractivity contribution in [1.29, 1.82) is 0 Å². The molecule has 0 bridgehead atoms. The zero-order valence-electron chi connectivity index (χ0n) is 14.7. The smallest absolute Gasteiger partial charge is 0.317 e. The Bertz CT molecular complexity index is 539. The third-order valence-electron chi connectivity index (χ3n) is 5.43. The van der Waals surface area contributed by atoms with Crippen LogP contribution in [0.5, 0.6) is 0 Å². The van der Waals surface area contributed by atoms with E-state index in [0.29, 0.717) is 24.7 Å². The summed E-state index contributed by atoms with van der Waals surface area (Å²) in [5.74, 6) is 0.728. The first kappa shape index (κ1) is 16.3. The normalized spacial score (nSPS) is 27.3. The minimum atomic E-state index is 0.121. The van der Waals surface area contributed by atoms with Crippen LogP contribution in [0.1, 0.15) is 64.6 Å². The van der Waals surface area contributed by atoms with Gasteiger partial charge in [0, 0.05) is 37.3 Å². The van der Waals surface area contributed by atoms with Gasteiger partial charge >= 0.3 is 6.03 Å². The molecule has 0 spiro atoms. The lowest BCUT2D eigenvalue weighted by Gasteiger charge is -2.33. The molecule has 128 valence electrons. The first-order valence-electron chi connectivity index (χ1n) is 9.16. The van der Waals surface area contributed by atoms with Gasteiger partial charge in [0.25, 0.3) is 0 Å². The van der Waals surface area contributed by atoms with Gasteiger partial charge < -0.3 is 10.2 Å². The van der Waals surface area contributed by atoms with Crippen LogP contribution < -0.4 is 5.32 Å². The Morgan fingerprint density at radius 3 is 2.91 bits per heavy atom. The molecule has 2 amide bonds. The van der Waals surface area contributed by atoms with Crippen molar-refractivity contribution in [3.05, 3.63) is 18.0 Å². The van der Waals surface area contributed by atoms with Gasteiger partial charge in [0.2, 0.25) is 0 Å². The molecule has 1 saturated carbocycles. The van der Waals surface area contributed by atoms with Crippen molar-refractivity contribution in [2.75, 3.05) is 6.54 Å². The molecule has 3 atom stereocenters. The Hall–Kier alpha value is -1.52. The van der Waals surface area contributed by atoms with E-state index in [0.717, 1.165) is 18.0 Å². The van der Waals surface area contributed by atoms with E-state index < -0.39 is 0 Å². The summed E-state index contributed by atoms with van der Waals surface area (Å²) >= 11 is 0. The highest BCUT2D eigenvalue weighted by Crippen LogP contribution is 2.39. The summed E-state index contributed by atoms with van der Waals surface area (Å²) in [4.78, 5) is 14.7. The molecule has 2 fully saturated rings. The highest BCUT2D eigenvalue weighted by Gasteiger charge is 2.42. The molecule has 1 aromatic rings. The van der Waals surface area contributed by atoms with Gasteiger partial charge in [-0.3, -0.25) is 4.68 Å². The maximum absolute atomic E-state index is 12.6. The molecule has 1 aliphatic heterocycles. The van der Waals surface area contributed by atoms with Gasteiger partial charge in [0.15, 0.2) is 0 Å². The Kier molecular flexibility index (Phi) is 4.93. The molecule has 2 heterocycles. The Morgan fingerprint density at radius 2 is 2.17 bits per heavy atom. The fraction of sp³-hybridized carbons (Fsp3) is 0.778. The summed E-state index contributed by atoms with van der Waals surface area (Å²) in [6.07, 6.45) is 9.06. The number of urea groups is 1. The molecular weight excluding hydrogens is 288 g/mol. The molecule has 1 aromatic heterocycles. The lowest BCUT2D eigenvalue weighted by atomic mass is 9.85. The van der Waals surface area contributed by atoms with E-state index in [1.165, 1.54) is 32.1 Å². The Balaban J connectivity index is 1.50. The van der Waals surface area contributed by atoms with E-state index in [1.54, 1.807) is 0 Å². The maximum Gasteiger partial charge on any atom is 0.317 e. The fourth-order valence-corrected chi connectivity index (χ4v) is 4.25. The molecule has 2 aliphatic rings. The molecule has 1 aliphatic carbocycles. The summed E-state index contributed by atoms with van der Waals surface area (Å²) < 4.78 is 1.96. The van der Waals surface area contributed by atoms with Crippen molar-refractivity contribution in [1.82, 2.24) is 20.0 Å². The summed E-state index contributed by atoms with van der Waals surface area (Å²) in [6.45, 7) is 7.10. The molecule has 1 N–H and O–H groups in total. The number of amides is 2. The molecule has 0 unspecified atom stereocenters. The minimum absolute atomic E-state index is 0.121. The van der Waals surface area contributed by atoms with Gasteiger partial charge in [-0.2, -0.15) is 5.10 Å². The van der Waals surface area contributed by atoms with Crippen LogP contribution in [0.15, 0.2) is 12.3 Å². The van der Waals surface area contributed by atoms with Crippen LogP contribution in [-0.2, 0) is 6.42 Å². The van der Waals surface area contributed by atoms with Crippen molar-refractivity contribution in [2.45, 2.75) is 77.4 Å². The fourth-order valence-electron chi connectivity index (χ4n) is 4.25. The number of rotatable bonds is 4. The van der Waals surface area contributed by atoms with Crippen LogP contribution in [0.4, 0.5) is 4.79 Å². The van der Waals surface area contributed by atoms with Crippen LogP contribution in [0.2, 0.25) is 0 Å². The largest absolute Gasteiger partial charge is 0.338 e. The third kappa shape index (κ3) is 3.54. The second-order valence-corrected chi connectivity index (χ2v) is 7.47. The molecule has 3 rings (SSSR count). The lowest BCUT2D eigenvalue weighted by molar-refractivity contribution is 0.156. The molecule has 5 heteroatoms. The first-order chi connectivity index (χ1) is 11.1. The SMILES string of the molecule is CC(C)n1ccc(CCNC(=O)N2[C@H](C)C[C@@H]3CCCC[C@H]32)n1. The van der Waals surface area contributed by atoms with Crippen LogP contribution in [0, 0.1) is 5.92 Å². The lowest BCUT2D eigenvalue weighted by Crippen LogP contribution is -2.48. The summed E-state index contributed by atoms with van der Waals surface area (Å²) in [7, 11) is 0. The van der Waals surface area contributed by atoms with E-state index in [4.69, 9.17) is 0 Å². The second-order valence-electron chi connectivity index (χ2n) is 7.47. The summed E-state index contributed by atoms with van der Waals surface area (Å²) in [5, 5.41) is 7.65. The number of hydrogen-bond donors (Lipinski definition) is 1. The van der Waals surface area contributed by atoms with Crippen molar-refractivity contribution in [2.24, 2.45) is 5.92 Å². The van der Waals surface area contributed by atoms with Crippen LogP contribution in [0.25, 0.3) is 0 Å². The van der Waals surface area contributed by atoms with E-state index in [1.807, 2.05) is 16.9 Å². The number of carbonyl (C=O) groups is 1. The number of nitrogens with one attached hydrogen (secondary N) is 1. The third-order valence-corrected chi connectivity index (χ3v) is 5.43. The Labute approximate surface area is 139 Å². The first-order valence-corrected chi connectivity index (χ1v) is 9.16. The number of likely N-dealkylation sites (tertiary alicyclic amines) is 1. The van der Waals surface area contributed by atoms with Crippen LogP contribution in [0.3, 0.4) is 0 Å². The standard InChI is InChI=1S/C18H30N4O/c1-13(2)21-11-9-16(20-21)8-10-19-18(23)22-14(3)12-15-6-4-5-7-17(15)22/h9,11,13-15,17H,4-8,10,12H2,1-3H3,(H,19,23)/t14-,15+,17-/m1/s1. The molecule has 23 heavy (non-hydrogen) atoms. The predicted octanol–water partition coefficient (Wildman–Crippen LogP) is 3.37. The molecule has 0 radical (unpaired) electrons. The quantitative estimate of drug-likeness (QED) is 0.925. The highest BCUT2D eigenvalue weighted by molar-refractivity contribution is 5.75. The number of nitrogens with zero attached hydrogens (tertiary/aromatic N) is 3. The van der Waals surface area contributed by atoms with E-state index >= 15 is 0 Å². The van der Waals surface area contributed by atoms with Gasteiger partial charge in [0.05, 0.1) is 5.69 Å². The molecule has 5 nitrogen and oxygen atoms in total. The van der Waals surface area contributed by atoms with Crippen molar-refractivity contribution in [3.63, 3.8) is 0 Å². The molecule has 1 saturated heterocycles. The zero-order chi connectivity index (χ0) is 16.4. The highest BCUT2D eigenvalue weighted by atomic mass is 16.2. The topological polar surface area (TPSA) is 50.2 Å². The minimum Gasteiger partial charge on any atom is -0.338 e. The molecular formula is C18H30N4O. The van der Waals surface area contributed by atoms with E-state index in [9.17, 15) is 4.79 Å². The van der Waals surface area contributed by atoms with Crippen molar-refractivity contribution >= 4 is 6.03 Å². The van der Waals surface area contributed by atoms with Gasteiger partial charge in [-0.05, 0) is 52.0 Å². The maximum atomic E-state index is 12.6. The monoisotopic (exact) mass is 318 g/mol. The molecule has 0 aromatic carbocycles. The summed E-state index contributed by atoms with van der Waals surface area (Å²) in [6, 6.07) is 3.39. The zero-order valence-corrected chi connectivity index (χ0v) is 14.7. The van der Waals surface area contributed by atoms with Gasteiger partial charge in [-0.15, -0.1) is 0 Å². The second kappa shape index (κ2) is 6.93.